The largest absolute Gasteiger partial charge is 0.493 e. The van der Waals surface area contributed by atoms with E-state index in [9.17, 15) is 4.39 Å². The lowest BCUT2D eigenvalue weighted by Gasteiger charge is -2.37. The van der Waals surface area contributed by atoms with E-state index in [1.165, 1.54) is 12.1 Å². The van der Waals surface area contributed by atoms with Gasteiger partial charge in [-0.05, 0) is 36.4 Å². The van der Waals surface area contributed by atoms with E-state index in [1.54, 1.807) is 32.4 Å². The molecule has 3 rings (SSSR count). The van der Waals surface area contributed by atoms with Gasteiger partial charge in [0.05, 0.1) is 14.2 Å². The molecule has 1 aliphatic heterocycles. The molecule has 1 fully saturated rings. The van der Waals surface area contributed by atoms with Crippen molar-refractivity contribution >= 4 is 17.3 Å². The Hall–Kier alpha value is -2.96. The predicted molar refractivity (Wildman–Crippen MR) is 101 cm³/mol. The normalized spacial score (nSPS) is 14.1. The summed E-state index contributed by atoms with van der Waals surface area (Å²) < 4.78 is 23.6. The Morgan fingerprint density at radius 1 is 0.962 bits per heavy atom. The second-order valence-electron chi connectivity index (χ2n) is 5.99. The zero-order valence-electron chi connectivity index (χ0n) is 15.0. The smallest absolute Gasteiger partial charge is 0.195 e. The van der Waals surface area contributed by atoms with Crippen LogP contribution < -0.4 is 19.7 Å². The Bertz CT molecular complexity index is 759. The van der Waals surface area contributed by atoms with E-state index < -0.39 is 0 Å². The fourth-order valence-electron chi connectivity index (χ4n) is 2.97. The summed E-state index contributed by atoms with van der Waals surface area (Å²) in [6.45, 7) is 3.00. The van der Waals surface area contributed by atoms with Crippen molar-refractivity contribution in [2.24, 2.45) is 0 Å². The van der Waals surface area contributed by atoms with E-state index in [4.69, 9.17) is 14.9 Å². The van der Waals surface area contributed by atoms with Gasteiger partial charge in [0, 0.05) is 43.6 Å². The number of anilines is 2. The lowest BCUT2D eigenvalue weighted by Crippen LogP contribution is -2.50. The van der Waals surface area contributed by atoms with E-state index in [0.29, 0.717) is 17.5 Å². The zero-order valence-corrected chi connectivity index (χ0v) is 15.0. The number of nitrogens with one attached hydrogen (secondary N) is 2. The van der Waals surface area contributed by atoms with Crippen molar-refractivity contribution in [2.45, 2.75) is 0 Å². The highest BCUT2D eigenvalue weighted by molar-refractivity contribution is 5.91. The van der Waals surface area contributed by atoms with Crippen LogP contribution in [0.3, 0.4) is 0 Å². The first kappa shape index (κ1) is 17.8. The van der Waals surface area contributed by atoms with Gasteiger partial charge in [-0.15, -0.1) is 0 Å². The maximum Gasteiger partial charge on any atom is 0.195 e. The number of rotatable bonds is 4. The average Bonchev–Trinajstić information content (AvgIpc) is 2.68. The molecule has 0 amide bonds. The number of methoxy groups -OCH3 is 2. The summed E-state index contributed by atoms with van der Waals surface area (Å²) in [6.07, 6.45) is 0. The summed E-state index contributed by atoms with van der Waals surface area (Å²) in [7, 11) is 3.18. The van der Waals surface area contributed by atoms with E-state index in [-0.39, 0.29) is 5.82 Å². The minimum atomic E-state index is -0.228. The number of guanidine groups is 1. The van der Waals surface area contributed by atoms with Gasteiger partial charge in [-0.1, -0.05) is 0 Å². The van der Waals surface area contributed by atoms with Gasteiger partial charge in [0.25, 0.3) is 0 Å². The Morgan fingerprint density at radius 3 is 2.23 bits per heavy atom. The highest BCUT2D eigenvalue weighted by Crippen LogP contribution is 2.29. The van der Waals surface area contributed by atoms with Gasteiger partial charge < -0.3 is 24.6 Å². The first-order valence-corrected chi connectivity index (χ1v) is 8.44. The molecule has 0 aliphatic carbocycles. The molecule has 7 heteroatoms. The molecule has 2 aromatic rings. The third kappa shape index (κ3) is 3.99. The fourth-order valence-corrected chi connectivity index (χ4v) is 2.97. The molecular weight excluding hydrogens is 335 g/mol. The van der Waals surface area contributed by atoms with Crippen molar-refractivity contribution in [3.05, 3.63) is 48.3 Å². The molecule has 6 nitrogen and oxygen atoms in total. The number of hydrogen-bond acceptors (Lipinski definition) is 4. The molecule has 2 aromatic carbocycles. The minimum Gasteiger partial charge on any atom is -0.493 e. The molecule has 0 unspecified atom stereocenters. The van der Waals surface area contributed by atoms with Gasteiger partial charge in [-0.25, -0.2) is 4.39 Å². The molecule has 138 valence electrons. The molecule has 0 aromatic heterocycles. The van der Waals surface area contributed by atoms with Crippen molar-refractivity contribution in [3.8, 4) is 11.5 Å². The number of hydrogen-bond donors (Lipinski definition) is 2. The van der Waals surface area contributed by atoms with E-state index in [2.05, 4.69) is 10.2 Å². The number of halogens is 1. The van der Waals surface area contributed by atoms with Crippen molar-refractivity contribution in [1.82, 2.24) is 4.90 Å². The van der Waals surface area contributed by atoms with Crippen molar-refractivity contribution in [2.75, 3.05) is 50.6 Å². The van der Waals surface area contributed by atoms with E-state index in [0.717, 1.165) is 37.6 Å². The molecule has 0 saturated carbocycles. The summed E-state index contributed by atoms with van der Waals surface area (Å²) in [5.41, 5.74) is 1.78. The number of nitrogens with zero attached hydrogens (tertiary/aromatic N) is 2. The number of benzene rings is 2. The lowest BCUT2D eigenvalue weighted by molar-refractivity contribution is 0.355. The van der Waals surface area contributed by atoms with Crippen LogP contribution in [-0.4, -0.2) is 51.3 Å². The lowest BCUT2D eigenvalue weighted by atomic mass is 10.2. The summed E-state index contributed by atoms with van der Waals surface area (Å²) in [4.78, 5) is 4.18. The Labute approximate surface area is 152 Å². The molecule has 26 heavy (non-hydrogen) atoms. The fraction of sp³-hybridized carbons (Fsp3) is 0.316. The molecule has 1 aliphatic rings. The van der Waals surface area contributed by atoms with E-state index >= 15 is 0 Å². The summed E-state index contributed by atoms with van der Waals surface area (Å²) in [5.74, 6) is 1.38. The van der Waals surface area contributed by atoms with Crippen LogP contribution in [0.25, 0.3) is 0 Å². The van der Waals surface area contributed by atoms with Crippen LogP contribution in [0.15, 0.2) is 42.5 Å². The van der Waals surface area contributed by atoms with Gasteiger partial charge in [0.2, 0.25) is 0 Å². The van der Waals surface area contributed by atoms with Crippen LogP contribution in [-0.2, 0) is 0 Å². The van der Waals surface area contributed by atoms with Crippen LogP contribution in [0.5, 0.6) is 11.5 Å². The summed E-state index contributed by atoms with van der Waals surface area (Å²) in [6, 6.07) is 12.0. The zero-order chi connectivity index (χ0) is 18.5. The van der Waals surface area contributed by atoms with Gasteiger partial charge in [-0.2, -0.15) is 0 Å². The second-order valence-corrected chi connectivity index (χ2v) is 5.99. The first-order chi connectivity index (χ1) is 12.6. The Kier molecular flexibility index (Phi) is 5.46. The van der Waals surface area contributed by atoms with Crippen molar-refractivity contribution in [3.63, 3.8) is 0 Å². The topological polar surface area (TPSA) is 60.8 Å². The third-order valence-corrected chi connectivity index (χ3v) is 4.43. The molecular formula is C19H23FN4O2. The second kappa shape index (κ2) is 7.95. The maximum absolute atomic E-state index is 13.1. The molecule has 0 bridgehead atoms. The average molecular weight is 358 g/mol. The van der Waals surface area contributed by atoms with Crippen molar-refractivity contribution in [1.29, 1.82) is 5.41 Å². The monoisotopic (exact) mass is 358 g/mol. The third-order valence-electron chi connectivity index (χ3n) is 4.43. The molecule has 1 saturated heterocycles. The van der Waals surface area contributed by atoms with Crippen LogP contribution >= 0.6 is 0 Å². The number of ether oxygens (including phenoxy) is 2. The van der Waals surface area contributed by atoms with Crippen LogP contribution in [0.2, 0.25) is 0 Å². The Morgan fingerprint density at radius 2 is 1.62 bits per heavy atom. The highest BCUT2D eigenvalue weighted by Gasteiger charge is 2.19. The van der Waals surface area contributed by atoms with Crippen LogP contribution in [0.4, 0.5) is 15.8 Å². The minimum absolute atomic E-state index is 0.228. The van der Waals surface area contributed by atoms with Crippen molar-refractivity contribution < 1.29 is 13.9 Å². The predicted octanol–water partition coefficient (Wildman–Crippen LogP) is 3.01. The number of piperazine rings is 1. The summed E-state index contributed by atoms with van der Waals surface area (Å²) in [5, 5.41) is 11.4. The molecule has 0 atom stereocenters. The molecule has 0 radical (unpaired) electrons. The standard InChI is InChI=1S/C19H23FN4O2/c1-25-17-8-5-15(13-18(17)26-2)22-19(21)24-11-9-23(10-12-24)16-6-3-14(20)4-7-16/h3-8,13H,9-12H2,1-2H3,(H2,21,22). The van der Waals surface area contributed by atoms with Gasteiger partial charge in [-0.3, -0.25) is 5.41 Å². The van der Waals surface area contributed by atoms with Gasteiger partial charge in [0.1, 0.15) is 5.82 Å². The molecule has 0 spiro atoms. The maximum atomic E-state index is 13.1. The Balaban J connectivity index is 1.57. The quantitative estimate of drug-likeness (QED) is 0.650. The SMILES string of the molecule is COc1ccc(NC(=N)N2CCN(c3ccc(F)cc3)CC2)cc1OC. The van der Waals surface area contributed by atoms with Crippen LogP contribution in [0.1, 0.15) is 0 Å². The van der Waals surface area contributed by atoms with Crippen LogP contribution in [0, 0.1) is 11.2 Å². The summed E-state index contributed by atoms with van der Waals surface area (Å²) >= 11 is 0. The molecule has 1 heterocycles. The molecule has 2 N–H and O–H groups in total. The van der Waals surface area contributed by atoms with Gasteiger partial charge in [0.15, 0.2) is 17.5 Å². The van der Waals surface area contributed by atoms with Gasteiger partial charge >= 0.3 is 0 Å². The first-order valence-electron chi connectivity index (χ1n) is 8.44. The van der Waals surface area contributed by atoms with E-state index in [1.807, 2.05) is 17.0 Å². The highest BCUT2D eigenvalue weighted by atomic mass is 19.1.